The molecule has 0 saturated carbocycles. The maximum atomic E-state index is 5.74. The first-order valence-electron chi connectivity index (χ1n) is 6.51. The van der Waals surface area contributed by atoms with Crippen LogP contribution in [-0.2, 0) is 0 Å². The molecule has 0 aliphatic rings. The summed E-state index contributed by atoms with van der Waals surface area (Å²) in [7, 11) is 0. The summed E-state index contributed by atoms with van der Waals surface area (Å²) in [5.74, 6) is 1.53. The molecular weight excluding hydrogens is 328 g/mol. The van der Waals surface area contributed by atoms with Crippen molar-refractivity contribution in [3.8, 4) is 11.3 Å². The number of hydrogen-bond acceptors (Lipinski definition) is 3. The van der Waals surface area contributed by atoms with Gasteiger partial charge in [-0.2, -0.15) is 5.10 Å². The largest absolute Gasteiger partial charge is 0.455 e. The zero-order chi connectivity index (χ0) is 14.5. The molecule has 0 atom stereocenters. The number of nitrogens with one attached hydrogen (secondary N) is 1. The van der Waals surface area contributed by atoms with Gasteiger partial charge in [-0.1, -0.05) is 46.3 Å². The van der Waals surface area contributed by atoms with Crippen molar-refractivity contribution in [2.75, 3.05) is 5.43 Å². The fourth-order valence-electron chi connectivity index (χ4n) is 1.87. The monoisotopic (exact) mass is 340 g/mol. The van der Waals surface area contributed by atoms with Crippen molar-refractivity contribution in [1.29, 1.82) is 0 Å². The molecule has 0 fully saturated rings. The summed E-state index contributed by atoms with van der Waals surface area (Å²) in [5, 5.41) is 4.16. The van der Waals surface area contributed by atoms with Gasteiger partial charge in [0.15, 0.2) is 0 Å². The van der Waals surface area contributed by atoms with Gasteiger partial charge in [-0.15, -0.1) is 0 Å². The molecule has 3 aromatic rings. The van der Waals surface area contributed by atoms with Gasteiger partial charge in [0, 0.05) is 10.0 Å². The van der Waals surface area contributed by atoms with Crippen LogP contribution in [0.25, 0.3) is 11.3 Å². The molecule has 1 heterocycles. The first kappa shape index (κ1) is 13.6. The minimum atomic E-state index is 0.705. The van der Waals surface area contributed by atoms with Crippen LogP contribution < -0.4 is 5.43 Å². The van der Waals surface area contributed by atoms with Crippen LogP contribution in [0, 0.1) is 0 Å². The van der Waals surface area contributed by atoms with Gasteiger partial charge in [-0.05, 0) is 36.4 Å². The molecule has 3 nitrogen and oxygen atoms in total. The van der Waals surface area contributed by atoms with Gasteiger partial charge in [-0.25, -0.2) is 0 Å². The predicted octanol–water partition coefficient (Wildman–Crippen LogP) is 5.16. The number of nitrogens with zero attached hydrogens (tertiary/aromatic N) is 1. The molecule has 0 saturated heterocycles. The molecule has 0 aliphatic heterocycles. The lowest BCUT2D eigenvalue weighted by atomic mass is 10.2. The first-order chi connectivity index (χ1) is 10.3. The second kappa shape index (κ2) is 6.41. The number of para-hydroxylation sites is 1. The van der Waals surface area contributed by atoms with E-state index in [0.717, 1.165) is 21.5 Å². The topological polar surface area (TPSA) is 37.5 Å². The van der Waals surface area contributed by atoms with Crippen LogP contribution >= 0.6 is 15.9 Å². The Morgan fingerprint density at radius 1 is 0.905 bits per heavy atom. The highest BCUT2D eigenvalue weighted by atomic mass is 79.9. The Morgan fingerprint density at radius 3 is 2.43 bits per heavy atom. The molecule has 3 rings (SSSR count). The molecule has 2 aromatic carbocycles. The van der Waals surface area contributed by atoms with Gasteiger partial charge >= 0.3 is 0 Å². The number of furan rings is 1. The van der Waals surface area contributed by atoms with E-state index in [-0.39, 0.29) is 0 Å². The van der Waals surface area contributed by atoms with Crippen molar-refractivity contribution in [3.63, 3.8) is 0 Å². The molecule has 1 N–H and O–H groups in total. The van der Waals surface area contributed by atoms with E-state index in [1.54, 1.807) is 6.21 Å². The van der Waals surface area contributed by atoms with Crippen LogP contribution in [0.5, 0.6) is 0 Å². The second-order valence-corrected chi connectivity index (χ2v) is 5.36. The maximum Gasteiger partial charge on any atom is 0.147 e. The minimum absolute atomic E-state index is 0.705. The van der Waals surface area contributed by atoms with Crippen molar-refractivity contribution in [3.05, 3.63) is 77.0 Å². The molecule has 0 unspecified atom stereocenters. The lowest BCUT2D eigenvalue weighted by Gasteiger charge is -1.98. The van der Waals surface area contributed by atoms with Crippen LogP contribution in [0.2, 0.25) is 0 Å². The molecule has 21 heavy (non-hydrogen) atoms. The number of benzene rings is 2. The molecule has 104 valence electrons. The number of rotatable bonds is 4. The van der Waals surface area contributed by atoms with Crippen molar-refractivity contribution in [1.82, 2.24) is 0 Å². The Bertz CT molecular complexity index is 733. The summed E-state index contributed by atoms with van der Waals surface area (Å²) in [4.78, 5) is 0. The van der Waals surface area contributed by atoms with E-state index in [0.29, 0.717) is 5.76 Å². The van der Waals surface area contributed by atoms with Gasteiger partial charge < -0.3 is 4.42 Å². The standard InChI is InChI=1S/C17H13BrN2O/c18-14-8-6-13(7-9-14)17-11-10-16(21-17)12-19-20-15-4-2-1-3-5-15/h1-12,20H/b19-12+. The average molecular weight is 341 g/mol. The zero-order valence-corrected chi connectivity index (χ0v) is 12.7. The maximum absolute atomic E-state index is 5.74. The third-order valence-corrected chi connectivity index (χ3v) is 3.44. The van der Waals surface area contributed by atoms with Gasteiger partial charge in [-0.3, -0.25) is 5.43 Å². The summed E-state index contributed by atoms with van der Waals surface area (Å²) in [6.07, 6.45) is 1.66. The fourth-order valence-corrected chi connectivity index (χ4v) is 2.14. The molecule has 0 bridgehead atoms. The van der Waals surface area contributed by atoms with E-state index in [4.69, 9.17) is 4.42 Å². The van der Waals surface area contributed by atoms with Crippen molar-refractivity contribution in [2.24, 2.45) is 5.10 Å². The molecule has 4 heteroatoms. The van der Waals surface area contributed by atoms with Crippen LogP contribution in [0.15, 0.2) is 80.7 Å². The lowest BCUT2D eigenvalue weighted by molar-refractivity contribution is 0.575. The molecule has 0 aliphatic carbocycles. The Labute approximate surface area is 131 Å². The minimum Gasteiger partial charge on any atom is -0.455 e. The van der Waals surface area contributed by atoms with Gasteiger partial charge in [0.25, 0.3) is 0 Å². The predicted molar refractivity (Wildman–Crippen MR) is 89.5 cm³/mol. The van der Waals surface area contributed by atoms with Crippen molar-refractivity contribution >= 4 is 27.8 Å². The van der Waals surface area contributed by atoms with E-state index in [9.17, 15) is 0 Å². The van der Waals surface area contributed by atoms with Crippen molar-refractivity contribution in [2.45, 2.75) is 0 Å². The van der Waals surface area contributed by atoms with Gasteiger partial charge in [0.1, 0.15) is 11.5 Å². The summed E-state index contributed by atoms with van der Waals surface area (Å²) in [6.45, 7) is 0. The highest BCUT2D eigenvalue weighted by molar-refractivity contribution is 9.10. The summed E-state index contributed by atoms with van der Waals surface area (Å²) in [5.41, 5.74) is 4.93. The van der Waals surface area contributed by atoms with E-state index in [1.807, 2.05) is 66.7 Å². The normalized spacial score (nSPS) is 10.9. The third kappa shape index (κ3) is 3.61. The Hall–Kier alpha value is -2.33. The Balaban J connectivity index is 1.69. The lowest BCUT2D eigenvalue weighted by Crippen LogP contribution is -1.88. The summed E-state index contributed by atoms with van der Waals surface area (Å²) >= 11 is 3.42. The molecule has 0 amide bonds. The molecule has 0 radical (unpaired) electrons. The smallest absolute Gasteiger partial charge is 0.147 e. The number of halogens is 1. The highest BCUT2D eigenvalue weighted by Crippen LogP contribution is 2.23. The summed E-state index contributed by atoms with van der Waals surface area (Å²) < 4.78 is 6.79. The number of hydrogen-bond donors (Lipinski definition) is 1. The Morgan fingerprint density at radius 2 is 1.67 bits per heavy atom. The number of anilines is 1. The van der Waals surface area contributed by atoms with E-state index >= 15 is 0 Å². The highest BCUT2D eigenvalue weighted by Gasteiger charge is 2.03. The quantitative estimate of drug-likeness (QED) is 0.526. The molecule has 0 spiro atoms. The average Bonchev–Trinajstić information content (AvgIpc) is 2.98. The van der Waals surface area contributed by atoms with Gasteiger partial charge in [0.05, 0.1) is 11.9 Å². The van der Waals surface area contributed by atoms with Crippen LogP contribution in [0.1, 0.15) is 5.76 Å². The summed E-state index contributed by atoms with van der Waals surface area (Å²) in [6, 6.07) is 21.6. The first-order valence-corrected chi connectivity index (χ1v) is 7.30. The third-order valence-electron chi connectivity index (χ3n) is 2.91. The molecular formula is C17H13BrN2O. The van der Waals surface area contributed by atoms with E-state index in [1.165, 1.54) is 0 Å². The Kier molecular flexibility index (Phi) is 4.17. The number of hydrazone groups is 1. The fraction of sp³-hybridized carbons (Fsp3) is 0. The zero-order valence-electron chi connectivity index (χ0n) is 11.2. The van der Waals surface area contributed by atoms with E-state index < -0.39 is 0 Å². The van der Waals surface area contributed by atoms with Gasteiger partial charge in [0.2, 0.25) is 0 Å². The second-order valence-electron chi connectivity index (χ2n) is 4.44. The SMILES string of the molecule is Brc1ccc(-c2ccc(/C=N/Nc3ccccc3)o2)cc1. The van der Waals surface area contributed by atoms with Crippen LogP contribution in [0.3, 0.4) is 0 Å². The van der Waals surface area contributed by atoms with Crippen molar-refractivity contribution < 1.29 is 4.42 Å². The van der Waals surface area contributed by atoms with Crippen LogP contribution in [0.4, 0.5) is 5.69 Å². The van der Waals surface area contributed by atoms with E-state index in [2.05, 4.69) is 26.5 Å². The molecule has 1 aromatic heterocycles. The van der Waals surface area contributed by atoms with Crippen LogP contribution in [-0.4, -0.2) is 6.21 Å².